The largest absolute Gasteiger partial charge is 0.489 e. The second-order valence-electron chi connectivity index (χ2n) is 9.40. The SMILES string of the molecule is Cc1cc(OC(C)C)c2nc(-c3nnc4ccc([C@@H](N5CCC(N)C5)C(F)(F)F)cn34)ccc2c1. The number of likely N-dealkylation sites (tertiary alicyclic amines) is 1. The minimum atomic E-state index is -4.45. The second-order valence-corrected chi connectivity index (χ2v) is 9.40. The number of halogens is 3. The molecular weight excluding hydrogens is 457 g/mol. The third-order valence-corrected chi connectivity index (χ3v) is 6.17. The highest BCUT2D eigenvalue weighted by molar-refractivity contribution is 5.87. The molecule has 0 bridgehead atoms. The first-order valence-electron chi connectivity index (χ1n) is 11.6. The van der Waals surface area contributed by atoms with E-state index in [1.165, 1.54) is 17.2 Å². The first-order valence-corrected chi connectivity index (χ1v) is 11.6. The van der Waals surface area contributed by atoms with Gasteiger partial charge in [-0.05, 0) is 62.6 Å². The Balaban J connectivity index is 1.61. The van der Waals surface area contributed by atoms with Crippen LogP contribution in [-0.2, 0) is 0 Å². The van der Waals surface area contributed by atoms with Gasteiger partial charge in [0.15, 0.2) is 11.5 Å². The normalized spacial score (nSPS) is 18.1. The molecule has 2 N–H and O–H groups in total. The average molecular weight is 485 g/mol. The van der Waals surface area contributed by atoms with Gasteiger partial charge in [0.05, 0.1) is 6.10 Å². The second kappa shape index (κ2) is 8.76. The number of aromatic nitrogens is 4. The first-order chi connectivity index (χ1) is 16.6. The highest BCUT2D eigenvalue weighted by Crippen LogP contribution is 2.39. The molecule has 1 aliphatic rings. The minimum Gasteiger partial charge on any atom is -0.489 e. The Bertz CT molecular complexity index is 1380. The van der Waals surface area contributed by atoms with Crippen LogP contribution in [0.1, 0.15) is 37.4 Å². The highest BCUT2D eigenvalue weighted by atomic mass is 19.4. The van der Waals surface area contributed by atoms with E-state index in [9.17, 15) is 13.2 Å². The first kappa shape index (κ1) is 23.5. The van der Waals surface area contributed by atoms with Gasteiger partial charge < -0.3 is 10.5 Å². The van der Waals surface area contributed by atoms with Crippen molar-refractivity contribution in [3.8, 4) is 17.3 Å². The number of aryl methyl sites for hydroxylation is 1. The summed E-state index contributed by atoms with van der Waals surface area (Å²) in [6.07, 6.45) is -2.50. The molecule has 0 aliphatic carbocycles. The number of nitrogens with two attached hydrogens (primary N) is 1. The lowest BCUT2D eigenvalue weighted by Gasteiger charge is -2.30. The summed E-state index contributed by atoms with van der Waals surface area (Å²) in [5.41, 5.74) is 8.65. The summed E-state index contributed by atoms with van der Waals surface area (Å²) in [5.74, 6) is 1.01. The summed E-state index contributed by atoms with van der Waals surface area (Å²) < 4.78 is 50.0. The van der Waals surface area contributed by atoms with Crippen molar-refractivity contribution in [3.63, 3.8) is 0 Å². The predicted octanol–water partition coefficient (Wildman–Crippen LogP) is 4.68. The van der Waals surface area contributed by atoms with Crippen LogP contribution < -0.4 is 10.5 Å². The van der Waals surface area contributed by atoms with Crippen molar-refractivity contribution in [2.45, 2.75) is 51.6 Å². The van der Waals surface area contributed by atoms with Gasteiger partial charge in [-0.3, -0.25) is 9.30 Å². The summed E-state index contributed by atoms with van der Waals surface area (Å²) in [4.78, 5) is 6.17. The van der Waals surface area contributed by atoms with E-state index >= 15 is 0 Å². The molecule has 3 aromatic heterocycles. The van der Waals surface area contributed by atoms with E-state index in [2.05, 4.69) is 10.2 Å². The monoisotopic (exact) mass is 484 g/mol. The number of benzene rings is 1. The molecule has 4 aromatic rings. The molecule has 4 heterocycles. The third kappa shape index (κ3) is 4.55. The zero-order chi connectivity index (χ0) is 24.9. The molecule has 1 aliphatic heterocycles. The number of pyridine rings is 2. The number of hydrogen-bond acceptors (Lipinski definition) is 6. The summed E-state index contributed by atoms with van der Waals surface area (Å²) in [6, 6.07) is 8.63. The number of hydrogen-bond donors (Lipinski definition) is 1. The van der Waals surface area contributed by atoms with Gasteiger partial charge in [0, 0.05) is 30.7 Å². The van der Waals surface area contributed by atoms with Crippen molar-refractivity contribution in [1.29, 1.82) is 0 Å². The molecule has 10 heteroatoms. The fraction of sp³-hybridized carbons (Fsp3) is 0.400. The van der Waals surface area contributed by atoms with Crippen molar-refractivity contribution < 1.29 is 17.9 Å². The van der Waals surface area contributed by atoms with Gasteiger partial charge in [-0.25, -0.2) is 4.98 Å². The van der Waals surface area contributed by atoms with Crippen molar-refractivity contribution in [2.24, 2.45) is 5.73 Å². The molecule has 1 unspecified atom stereocenters. The molecule has 0 amide bonds. The van der Waals surface area contributed by atoms with E-state index in [4.69, 9.17) is 15.5 Å². The number of fused-ring (bicyclic) bond motifs is 2. The zero-order valence-corrected chi connectivity index (χ0v) is 19.8. The van der Waals surface area contributed by atoms with E-state index in [1.807, 2.05) is 39.0 Å². The van der Waals surface area contributed by atoms with Gasteiger partial charge in [-0.1, -0.05) is 12.1 Å². The lowest BCUT2D eigenvalue weighted by molar-refractivity contribution is -0.183. The van der Waals surface area contributed by atoms with Crippen LogP contribution >= 0.6 is 0 Å². The van der Waals surface area contributed by atoms with Crippen LogP contribution in [0.25, 0.3) is 28.1 Å². The summed E-state index contributed by atoms with van der Waals surface area (Å²) in [6.45, 7) is 6.36. The van der Waals surface area contributed by atoms with Crippen LogP contribution in [0.5, 0.6) is 5.75 Å². The molecule has 2 atom stereocenters. The summed E-state index contributed by atoms with van der Waals surface area (Å²) in [7, 11) is 0. The van der Waals surface area contributed by atoms with E-state index in [-0.39, 0.29) is 24.3 Å². The summed E-state index contributed by atoms with van der Waals surface area (Å²) in [5, 5.41) is 9.31. The Labute approximate surface area is 200 Å². The van der Waals surface area contributed by atoms with Crippen LogP contribution in [0, 0.1) is 6.92 Å². The Morgan fingerprint density at radius 1 is 1.11 bits per heavy atom. The van der Waals surface area contributed by atoms with Gasteiger partial charge in [-0.15, -0.1) is 10.2 Å². The zero-order valence-electron chi connectivity index (χ0n) is 19.8. The molecule has 7 nitrogen and oxygen atoms in total. The number of rotatable bonds is 5. The minimum absolute atomic E-state index is 0.0417. The van der Waals surface area contributed by atoms with E-state index in [0.717, 1.165) is 10.9 Å². The maximum Gasteiger partial charge on any atom is 0.408 e. The van der Waals surface area contributed by atoms with Gasteiger partial charge in [0.1, 0.15) is 23.0 Å². The Hall–Kier alpha value is -3.24. The van der Waals surface area contributed by atoms with Crippen molar-refractivity contribution in [1.82, 2.24) is 24.5 Å². The topological polar surface area (TPSA) is 81.6 Å². The summed E-state index contributed by atoms with van der Waals surface area (Å²) >= 11 is 0. The van der Waals surface area contributed by atoms with Crippen molar-refractivity contribution in [3.05, 3.63) is 53.7 Å². The van der Waals surface area contributed by atoms with Crippen LogP contribution in [-0.4, -0.2) is 55.9 Å². The maximum absolute atomic E-state index is 14.1. The lowest BCUT2D eigenvalue weighted by Crippen LogP contribution is -2.38. The maximum atomic E-state index is 14.1. The molecule has 0 spiro atoms. The lowest BCUT2D eigenvalue weighted by atomic mass is 10.1. The highest BCUT2D eigenvalue weighted by Gasteiger charge is 2.46. The molecule has 1 fully saturated rings. The van der Waals surface area contributed by atoms with E-state index < -0.39 is 12.2 Å². The number of nitrogens with zero attached hydrogens (tertiary/aromatic N) is 5. The third-order valence-electron chi connectivity index (χ3n) is 6.17. The van der Waals surface area contributed by atoms with Crippen LogP contribution in [0.3, 0.4) is 0 Å². The van der Waals surface area contributed by atoms with Gasteiger partial charge in [0.2, 0.25) is 0 Å². The van der Waals surface area contributed by atoms with Crippen molar-refractivity contribution >= 4 is 16.6 Å². The molecule has 184 valence electrons. The van der Waals surface area contributed by atoms with Crippen molar-refractivity contribution in [2.75, 3.05) is 13.1 Å². The standard InChI is InChI=1S/C25H27F3N6O/c1-14(2)35-20-11-15(3)10-16-4-6-19(30-22(16)20)24-32-31-21-7-5-17(12-34(21)24)23(25(26,27)28)33-9-8-18(29)13-33/h4-7,10-12,14,18,23H,8-9,13,29H2,1-3H3/t18?,23-/m1/s1. The van der Waals surface area contributed by atoms with Gasteiger partial charge in [0.25, 0.3) is 0 Å². The molecule has 0 radical (unpaired) electrons. The Morgan fingerprint density at radius 2 is 1.91 bits per heavy atom. The number of ether oxygens (including phenoxy) is 1. The van der Waals surface area contributed by atoms with Gasteiger partial charge >= 0.3 is 6.18 Å². The predicted molar refractivity (Wildman–Crippen MR) is 127 cm³/mol. The van der Waals surface area contributed by atoms with E-state index in [0.29, 0.717) is 41.4 Å². The van der Waals surface area contributed by atoms with Crippen LogP contribution in [0.15, 0.2) is 42.6 Å². The van der Waals surface area contributed by atoms with Crippen LogP contribution in [0.2, 0.25) is 0 Å². The smallest absolute Gasteiger partial charge is 0.408 e. The van der Waals surface area contributed by atoms with E-state index in [1.54, 1.807) is 16.5 Å². The Morgan fingerprint density at radius 3 is 2.60 bits per heavy atom. The quantitative estimate of drug-likeness (QED) is 0.443. The molecule has 1 aromatic carbocycles. The molecule has 5 rings (SSSR count). The fourth-order valence-corrected chi connectivity index (χ4v) is 4.71. The molecule has 0 saturated carbocycles. The molecule has 1 saturated heterocycles. The number of alkyl halides is 3. The molecular formula is C25H27F3N6O. The average Bonchev–Trinajstić information content (AvgIpc) is 3.38. The van der Waals surface area contributed by atoms with Crippen LogP contribution in [0.4, 0.5) is 13.2 Å². The Kier molecular flexibility index (Phi) is 5.88. The fourth-order valence-electron chi connectivity index (χ4n) is 4.71. The van der Waals surface area contributed by atoms with Gasteiger partial charge in [-0.2, -0.15) is 13.2 Å². The molecule has 35 heavy (non-hydrogen) atoms.